The number of nitrogens with two attached hydrogens (primary N) is 1. The Labute approximate surface area is 131 Å². The van der Waals surface area contributed by atoms with Crippen LogP contribution in [0.15, 0.2) is 0 Å². The summed E-state index contributed by atoms with van der Waals surface area (Å²) in [6.45, 7) is 0.815. The number of amides is 2. The van der Waals surface area contributed by atoms with E-state index in [9.17, 15) is 18.0 Å². The first-order chi connectivity index (χ1) is 10.3. The van der Waals surface area contributed by atoms with Gasteiger partial charge in [-0.25, -0.2) is 8.42 Å². The van der Waals surface area contributed by atoms with Gasteiger partial charge in [0.05, 0.1) is 12.2 Å². The summed E-state index contributed by atoms with van der Waals surface area (Å²) in [7, 11) is -3.40. The van der Waals surface area contributed by atoms with Gasteiger partial charge in [-0.15, -0.1) is 0 Å². The molecule has 22 heavy (non-hydrogen) atoms. The maximum Gasteiger partial charge on any atom is 0.223 e. The Kier molecular flexibility index (Phi) is 5.44. The number of sulfonamides is 1. The van der Waals surface area contributed by atoms with Crippen molar-refractivity contribution in [2.24, 2.45) is 17.6 Å². The van der Waals surface area contributed by atoms with E-state index in [0.717, 1.165) is 19.1 Å². The standard InChI is InChI=1S/C14H25N3O4S/c1-22(20,21)17-7-6-16(9-12(10-17)14(15)19)13(18)8-11-4-2-3-5-11/h11-12H,2-10H2,1H3,(H2,15,19)/t12-/m0/s1. The largest absolute Gasteiger partial charge is 0.369 e. The number of carbonyl (C=O) groups is 2. The summed E-state index contributed by atoms with van der Waals surface area (Å²) in [6, 6.07) is 0. The fourth-order valence-electron chi connectivity index (χ4n) is 3.28. The quantitative estimate of drug-likeness (QED) is 0.769. The number of hydrogen-bond donors (Lipinski definition) is 1. The van der Waals surface area contributed by atoms with E-state index >= 15 is 0 Å². The molecule has 2 amide bonds. The number of rotatable bonds is 4. The van der Waals surface area contributed by atoms with E-state index in [1.165, 1.54) is 17.1 Å². The second-order valence-corrected chi connectivity index (χ2v) is 8.40. The number of carbonyl (C=O) groups excluding carboxylic acids is 2. The molecule has 0 aromatic carbocycles. The SMILES string of the molecule is CS(=O)(=O)N1CCN(C(=O)CC2CCCC2)C[C@H](C(N)=O)C1. The summed E-state index contributed by atoms with van der Waals surface area (Å²) in [4.78, 5) is 25.6. The molecule has 2 N–H and O–H groups in total. The van der Waals surface area contributed by atoms with Crippen molar-refractivity contribution < 1.29 is 18.0 Å². The highest BCUT2D eigenvalue weighted by Crippen LogP contribution is 2.28. The highest BCUT2D eigenvalue weighted by atomic mass is 32.2. The van der Waals surface area contributed by atoms with Gasteiger partial charge in [-0.05, 0) is 18.8 Å². The molecule has 1 heterocycles. The zero-order valence-corrected chi connectivity index (χ0v) is 13.8. The van der Waals surface area contributed by atoms with Crippen LogP contribution in [0.25, 0.3) is 0 Å². The van der Waals surface area contributed by atoms with Crippen LogP contribution in [0.3, 0.4) is 0 Å². The maximum absolute atomic E-state index is 12.4. The summed E-state index contributed by atoms with van der Waals surface area (Å²) in [5.74, 6) is -0.777. The highest BCUT2D eigenvalue weighted by molar-refractivity contribution is 7.88. The normalized spacial score (nSPS) is 25.1. The monoisotopic (exact) mass is 331 g/mol. The molecule has 0 aromatic rings. The summed E-state index contributed by atoms with van der Waals surface area (Å²) in [5, 5.41) is 0. The molecule has 1 aliphatic carbocycles. The van der Waals surface area contributed by atoms with Crippen molar-refractivity contribution in [3.8, 4) is 0 Å². The molecule has 7 nitrogen and oxygen atoms in total. The lowest BCUT2D eigenvalue weighted by molar-refractivity contribution is -0.133. The van der Waals surface area contributed by atoms with Crippen LogP contribution >= 0.6 is 0 Å². The lowest BCUT2D eigenvalue weighted by atomic mass is 10.0. The molecule has 2 rings (SSSR count). The summed E-state index contributed by atoms with van der Waals surface area (Å²) >= 11 is 0. The predicted octanol–water partition coefficient (Wildman–Crippen LogP) is -0.228. The zero-order valence-electron chi connectivity index (χ0n) is 13.0. The Hall–Kier alpha value is -1.15. The number of nitrogens with zero attached hydrogens (tertiary/aromatic N) is 2. The Morgan fingerprint density at radius 2 is 1.77 bits per heavy atom. The molecule has 0 spiro atoms. The fourth-order valence-corrected chi connectivity index (χ4v) is 4.15. The van der Waals surface area contributed by atoms with Crippen LogP contribution in [0.1, 0.15) is 32.1 Å². The molecule has 0 bridgehead atoms. The molecule has 0 aromatic heterocycles. The molecule has 1 atom stereocenters. The molecular formula is C14H25N3O4S. The van der Waals surface area contributed by atoms with E-state index in [1.54, 1.807) is 4.90 Å². The van der Waals surface area contributed by atoms with Gasteiger partial charge in [0.2, 0.25) is 21.8 Å². The molecule has 1 saturated heterocycles. The first-order valence-electron chi connectivity index (χ1n) is 7.79. The van der Waals surface area contributed by atoms with Gasteiger partial charge in [0, 0.05) is 32.6 Å². The highest BCUT2D eigenvalue weighted by Gasteiger charge is 2.33. The third-order valence-electron chi connectivity index (χ3n) is 4.65. The summed E-state index contributed by atoms with van der Waals surface area (Å²) < 4.78 is 24.7. The van der Waals surface area contributed by atoms with Crippen molar-refractivity contribution in [1.29, 1.82) is 0 Å². The number of primary amides is 1. The Bertz CT molecular complexity index is 528. The lowest BCUT2D eigenvalue weighted by Crippen LogP contribution is -2.41. The third-order valence-corrected chi connectivity index (χ3v) is 5.92. The van der Waals surface area contributed by atoms with Crippen molar-refractivity contribution in [2.75, 3.05) is 32.4 Å². The van der Waals surface area contributed by atoms with E-state index in [0.29, 0.717) is 18.9 Å². The topological polar surface area (TPSA) is 101 Å². The van der Waals surface area contributed by atoms with Crippen LogP contribution in [-0.2, 0) is 19.6 Å². The van der Waals surface area contributed by atoms with E-state index in [1.807, 2.05) is 0 Å². The minimum absolute atomic E-state index is 0.00787. The molecule has 2 fully saturated rings. The number of hydrogen-bond acceptors (Lipinski definition) is 4. The average molecular weight is 331 g/mol. The minimum atomic E-state index is -3.40. The molecule has 1 saturated carbocycles. The van der Waals surface area contributed by atoms with Crippen molar-refractivity contribution >= 4 is 21.8 Å². The predicted molar refractivity (Wildman–Crippen MR) is 82.3 cm³/mol. The van der Waals surface area contributed by atoms with Gasteiger partial charge in [0.15, 0.2) is 0 Å². The van der Waals surface area contributed by atoms with Crippen molar-refractivity contribution in [1.82, 2.24) is 9.21 Å². The third kappa shape index (κ3) is 4.42. The van der Waals surface area contributed by atoms with E-state index in [-0.39, 0.29) is 25.5 Å². The van der Waals surface area contributed by atoms with Gasteiger partial charge in [0.1, 0.15) is 0 Å². The molecule has 0 radical (unpaired) electrons. The summed E-state index contributed by atoms with van der Waals surface area (Å²) in [6.07, 6.45) is 6.10. The van der Waals surface area contributed by atoms with Gasteiger partial charge in [-0.3, -0.25) is 9.59 Å². The summed E-state index contributed by atoms with van der Waals surface area (Å²) in [5.41, 5.74) is 5.37. The Morgan fingerprint density at radius 1 is 1.14 bits per heavy atom. The van der Waals surface area contributed by atoms with E-state index < -0.39 is 21.8 Å². The van der Waals surface area contributed by atoms with Gasteiger partial charge in [-0.1, -0.05) is 12.8 Å². The second kappa shape index (κ2) is 6.95. The average Bonchev–Trinajstić information content (AvgIpc) is 2.79. The molecule has 126 valence electrons. The van der Waals surface area contributed by atoms with Crippen LogP contribution in [0.5, 0.6) is 0 Å². The molecule has 2 aliphatic rings. The first kappa shape index (κ1) is 17.2. The smallest absolute Gasteiger partial charge is 0.223 e. The molecule has 8 heteroatoms. The van der Waals surface area contributed by atoms with Crippen molar-refractivity contribution in [3.63, 3.8) is 0 Å². The molecular weight excluding hydrogens is 306 g/mol. The molecule has 0 unspecified atom stereocenters. The minimum Gasteiger partial charge on any atom is -0.369 e. The van der Waals surface area contributed by atoms with Crippen LogP contribution < -0.4 is 5.73 Å². The van der Waals surface area contributed by atoms with Crippen LogP contribution in [0.4, 0.5) is 0 Å². The Morgan fingerprint density at radius 3 is 2.32 bits per heavy atom. The van der Waals surface area contributed by atoms with Crippen LogP contribution in [-0.4, -0.2) is 61.9 Å². The fraction of sp³-hybridized carbons (Fsp3) is 0.857. The second-order valence-electron chi connectivity index (χ2n) is 6.41. The van der Waals surface area contributed by atoms with Gasteiger partial charge >= 0.3 is 0 Å². The van der Waals surface area contributed by atoms with Gasteiger partial charge < -0.3 is 10.6 Å². The lowest BCUT2D eigenvalue weighted by Gasteiger charge is -2.24. The molecule has 1 aliphatic heterocycles. The Balaban J connectivity index is 2.05. The van der Waals surface area contributed by atoms with E-state index in [4.69, 9.17) is 5.73 Å². The van der Waals surface area contributed by atoms with Crippen molar-refractivity contribution in [3.05, 3.63) is 0 Å². The van der Waals surface area contributed by atoms with Crippen molar-refractivity contribution in [2.45, 2.75) is 32.1 Å². The van der Waals surface area contributed by atoms with Gasteiger partial charge in [-0.2, -0.15) is 4.31 Å². The van der Waals surface area contributed by atoms with Crippen LogP contribution in [0, 0.1) is 11.8 Å². The maximum atomic E-state index is 12.4. The van der Waals surface area contributed by atoms with Crippen LogP contribution in [0.2, 0.25) is 0 Å². The first-order valence-corrected chi connectivity index (χ1v) is 9.64. The van der Waals surface area contributed by atoms with E-state index in [2.05, 4.69) is 0 Å². The zero-order chi connectivity index (χ0) is 16.3. The van der Waals surface area contributed by atoms with Gasteiger partial charge in [0.25, 0.3) is 0 Å².